The summed E-state index contributed by atoms with van der Waals surface area (Å²) in [5, 5.41) is 14.3. The van der Waals surface area contributed by atoms with Crippen molar-refractivity contribution in [1.82, 2.24) is 10.0 Å². The van der Waals surface area contributed by atoms with E-state index in [4.69, 9.17) is 0 Å². The lowest BCUT2D eigenvalue weighted by Crippen LogP contribution is -2.51. The van der Waals surface area contributed by atoms with Crippen LogP contribution in [0.2, 0.25) is 0 Å². The highest BCUT2D eigenvalue weighted by molar-refractivity contribution is 9.10. The van der Waals surface area contributed by atoms with Crippen LogP contribution in [0.5, 0.6) is 0 Å². The molecule has 0 spiro atoms. The summed E-state index contributed by atoms with van der Waals surface area (Å²) in [5.41, 5.74) is 0.182. The molecule has 22 heavy (non-hydrogen) atoms. The molecule has 1 heterocycles. The molecule has 2 rings (SSSR count). The minimum Gasteiger partial charge on any atom is -0.313 e. The van der Waals surface area contributed by atoms with Gasteiger partial charge in [-0.3, -0.25) is 10.1 Å². The van der Waals surface area contributed by atoms with Crippen LogP contribution in [0.1, 0.15) is 25.3 Å². The topological polar surface area (TPSA) is 101 Å². The summed E-state index contributed by atoms with van der Waals surface area (Å²) in [5.74, 6) is 0. The lowest BCUT2D eigenvalue weighted by molar-refractivity contribution is -0.385. The zero-order valence-electron chi connectivity index (χ0n) is 12.3. The number of hydrogen-bond acceptors (Lipinski definition) is 5. The lowest BCUT2D eigenvalue weighted by atomic mass is 10.0. The number of nitro benzene ring substituents is 1. The van der Waals surface area contributed by atoms with Gasteiger partial charge in [0.1, 0.15) is 0 Å². The maximum Gasteiger partial charge on any atom is 0.274 e. The van der Waals surface area contributed by atoms with Crippen molar-refractivity contribution in [1.29, 1.82) is 0 Å². The summed E-state index contributed by atoms with van der Waals surface area (Å²) in [6, 6.07) is 2.29. The van der Waals surface area contributed by atoms with Gasteiger partial charge in [-0.25, -0.2) is 13.1 Å². The first-order valence-electron chi connectivity index (χ1n) is 6.92. The number of benzene rings is 1. The van der Waals surface area contributed by atoms with Gasteiger partial charge in [-0.15, -0.1) is 0 Å². The first kappa shape index (κ1) is 17.3. The third-order valence-electron chi connectivity index (χ3n) is 3.87. The van der Waals surface area contributed by atoms with Gasteiger partial charge in [-0.05, 0) is 39.3 Å². The van der Waals surface area contributed by atoms with Gasteiger partial charge in [0.2, 0.25) is 10.0 Å². The number of nitrogens with one attached hydrogen (secondary N) is 2. The number of piperidine rings is 1. The Morgan fingerprint density at radius 3 is 2.73 bits per heavy atom. The molecular weight excluding hydrogens is 374 g/mol. The average molecular weight is 392 g/mol. The van der Waals surface area contributed by atoms with E-state index in [1.165, 1.54) is 6.07 Å². The summed E-state index contributed by atoms with van der Waals surface area (Å²) in [6.07, 6.45) is 1.62. The largest absolute Gasteiger partial charge is 0.313 e. The molecule has 0 radical (unpaired) electrons. The Labute approximate surface area is 137 Å². The van der Waals surface area contributed by atoms with Gasteiger partial charge in [0, 0.05) is 28.2 Å². The Morgan fingerprint density at radius 2 is 2.14 bits per heavy atom. The summed E-state index contributed by atoms with van der Waals surface area (Å²) in [7, 11) is -3.81. The molecule has 122 valence electrons. The molecular formula is C13H18BrN3O4S. The van der Waals surface area contributed by atoms with Crippen LogP contribution < -0.4 is 10.0 Å². The fourth-order valence-electron chi connectivity index (χ4n) is 2.46. The molecule has 0 saturated carbocycles. The van der Waals surface area contributed by atoms with Gasteiger partial charge in [-0.1, -0.05) is 15.9 Å². The van der Waals surface area contributed by atoms with Crippen molar-refractivity contribution in [2.24, 2.45) is 0 Å². The number of nitro groups is 1. The molecule has 1 fully saturated rings. The second-order valence-corrected chi connectivity index (χ2v) is 7.99. The second kappa shape index (κ2) is 6.61. The van der Waals surface area contributed by atoms with Crippen LogP contribution in [0.4, 0.5) is 5.69 Å². The van der Waals surface area contributed by atoms with Crippen molar-refractivity contribution in [2.75, 3.05) is 6.54 Å². The van der Waals surface area contributed by atoms with E-state index in [9.17, 15) is 18.5 Å². The molecule has 2 N–H and O–H groups in total. The Balaban J connectivity index is 2.35. The summed E-state index contributed by atoms with van der Waals surface area (Å²) in [6.45, 7) is 4.35. The average Bonchev–Trinajstić information content (AvgIpc) is 2.43. The molecule has 2 atom stereocenters. The SMILES string of the molecule is Cc1c(Br)cc(S(=O)(=O)NC2CCCNC2C)cc1[N+](=O)[O-]. The predicted octanol–water partition coefficient (Wildman–Crippen LogP) is 2.08. The maximum atomic E-state index is 12.5. The zero-order chi connectivity index (χ0) is 16.5. The molecule has 1 saturated heterocycles. The maximum absolute atomic E-state index is 12.5. The molecule has 1 aromatic rings. The monoisotopic (exact) mass is 391 g/mol. The number of halogens is 1. The highest BCUT2D eigenvalue weighted by atomic mass is 79.9. The van der Waals surface area contributed by atoms with E-state index in [1.807, 2.05) is 6.92 Å². The lowest BCUT2D eigenvalue weighted by Gasteiger charge is -2.30. The van der Waals surface area contributed by atoms with Crippen LogP contribution in [-0.4, -0.2) is 32.0 Å². The standard InChI is InChI=1S/C13H18BrN3O4S/c1-8-11(14)6-10(7-13(8)17(18)19)22(20,21)16-12-4-3-5-15-9(12)2/h6-7,9,12,15-16H,3-5H2,1-2H3. The number of sulfonamides is 1. The highest BCUT2D eigenvalue weighted by Gasteiger charge is 2.28. The van der Waals surface area contributed by atoms with Crippen LogP contribution >= 0.6 is 15.9 Å². The van der Waals surface area contributed by atoms with E-state index in [-0.39, 0.29) is 22.7 Å². The fourth-order valence-corrected chi connectivity index (χ4v) is 4.45. The molecule has 1 aliphatic heterocycles. The highest BCUT2D eigenvalue weighted by Crippen LogP contribution is 2.30. The van der Waals surface area contributed by atoms with Crippen molar-refractivity contribution in [3.05, 3.63) is 32.3 Å². The van der Waals surface area contributed by atoms with Gasteiger partial charge < -0.3 is 5.32 Å². The Bertz CT molecular complexity index is 693. The second-order valence-electron chi connectivity index (χ2n) is 5.42. The van der Waals surface area contributed by atoms with Crippen LogP contribution in [0.3, 0.4) is 0 Å². The van der Waals surface area contributed by atoms with Crippen LogP contribution in [0.15, 0.2) is 21.5 Å². The number of nitrogens with zero attached hydrogens (tertiary/aromatic N) is 1. The predicted molar refractivity (Wildman–Crippen MR) is 86.3 cm³/mol. The van der Waals surface area contributed by atoms with E-state index < -0.39 is 14.9 Å². The molecule has 0 amide bonds. The van der Waals surface area contributed by atoms with E-state index in [0.717, 1.165) is 25.5 Å². The van der Waals surface area contributed by atoms with Crippen LogP contribution in [0.25, 0.3) is 0 Å². The third-order valence-corrected chi connectivity index (χ3v) is 6.16. The molecule has 1 aromatic carbocycles. The Morgan fingerprint density at radius 1 is 1.45 bits per heavy atom. The molecule has 1 aliphatic rings. The van der Waals surface area contributed by atoms with Gasteiger partial charge in [-0.2, -0.15) is 0 Å². The number of hydrogen-bond donors (Lipinski definition) is 2. The summed E-state index contributed by atoms with van der Waals surface area (Å²) in [4.78, 5) is 10.4. The quantitative estimate of drug-likeness (QED) is 0.604. The molecule has 0 aromatic heterocycles. The van der Waals surface area contributed by atoms with E-state index in [1.54, 1.807) is 6.92 Å². The van der Waals surface area contributed by atoms with Crippen LogP contribution in [-0.2, 0) is 10.0 Å². The van der Waals surface area contributed by atoms with Crippen molar-refractivity contribution < 1.29 is 13.3 Å². The summed E-state index contributed by atoms with van der Waals surface area (Å²) >= 11 is 3.19. The summed E-state index contributed by atoms with van der Waals surface area (Å²) < 4.78 is 28.0. The van der Waals surface area contributed by atoms with Gasteiger partial charge in [0.25, 0.3) is 5.69 Å². The third kappa shape index (κ3) is 3.65. The van der Waals surface area contributed by atoms with E-state index in [2.05, 4.69) is 26.0 Å². The Kier molecular flexibility index (Phi) is 5.21. The zero-order valence-corrected chi connectivity index (χ0v) is 14.7. The molecule has 9 heteroatoms. The van der Waals surface area contributed by atoms with Crippen molar-refractivity contribution in [3.8, 4) is 0 Å². The Hall–Kier alpha value is -1.03. The van der Waals surface area contributed by atoms with Gasteiger partial charge >= 0.3 is 0 Å². The van der Waals surface area contributed by atoms with Gasteiger partial charge in [0.05, 0.1) is 9.82 Å². The van der Waals surface area contributed by atoms with E-state index in [0.29, 0.717) is 10.0 Å². The first-order chi connectivity index (χ1) is 10.2. The molecule has 0 aliphatic carbocycles. The molecule has 2 unspecified atom stereocenters. The van der Waals surface area contributed by atoms with Crippen molar-refractivity contribution in [3.63, 3.8) is 0 Å². The fraction of sp³-hybridized carbons (Fsp3) is 0.538. The minimum atomic E-state index is -3.81. The normalized spacial score (nSPS) is 22.5. The molecule has 0 bridgehead atoms. The van der Waals surface area contributed by atoms with E-state index >= 15 is 0 Å². The van der Waals surface area contributed by atoms with Crippen LogP contribution in [0, 0.1) is 17.0 Å². The number of rotatable bonds is 4. The van der Waals surface area contributed by atoms with Crippen molar-refractivity contribution in [2.45, 2.75) is 43.7 Å². The minimum absolute atomic E-state index is 0.0207. The molecule has 7 nitrogen and oxygen atoms in total. The first-order valence-corrected chi connectivity index (χ1v) is 9.20. The van der Waals surface area contributed by atoms with Crippen molar-refractivity contribution >= 4 is 31.6 Å². The smallest absolute Gasteiger partial charge is 0.274 e. The van der Waals surface area contributed by atoms with Gasteiger partial charge in [0.15, 0.2) is 0 Å².